The fourth-order valence-corrected chi connectivity index (χ4v) is 4.88. The van der Waals surface area contributed by atoms with E-state index in [4.69, 9.17) is 5.11 Å². The number of ketones is 2. The van der Waals surface area contributed by atoms with Gasteiger partial charge in [-0.05, 0) is 30.3 Å². The third kappa shape index (κ3) is 5.10. The summed E-state index contributed by atoms with van der Waals surface area (Å²) in [5, 5.41) is 11.0. The Hall–Kier alpha value is -3.22. The van der Waals surface area contributed by atoms with Crippen molar-refractivity contribution in [1.82, 2.24) is 10.0 Å². The number of rotatable bonds is 9. The van der Waals surface area contributed by atoms with Crippen molar-refractivity contribution < 1.29 is 37.5 Å². The minimum absolute atomic E-state index is 0.0778. The Morgan fingerprint density at radius 3 is 2.52 bits per heavy atom. The van der Waals surface area contributed by atoms with Crippen LogP contribution >= 0.6 is 11.3 Å². The smallest absolute Gasteiger partial charge is 0.305 e. The summed E-state index contributed by atoms with van der Waals surface area (Å²) in [7, 11) is -3.99. The first-order valence-corrected chi connectivity index (χ1v) is 11.2. The van der Waals surface area contributed by atoms with Crippen LogP contribution in [-0.4, -0.2) is 49.3 Å². The summed E-state index contributed by atoms with van der Waals surface area (Å²) in [6.07, 6.45) is -0.504. The fourth-order valence-electron chi connectivity index (χ4n) is 2.91. The number of amides is 1. The Labute approximate surface area is 180 Å². The van der Waals surface area contributed by atoms with E-state index in [9.17, 15) is 32.4 Å². The number of aliphatic carboxylic acids is 1. The Balaban J connectivity index is 1.66. The number of sulfonamides is 1. The number of carboxylic acids is 1. The summed E-state index contributed by atoms with van der Waals surface area (Å²) >= 11 is 0.968. The molecular weight excluding hydrogens is 448 g/mol. The van der Waals surface area contributed by atoms with Crippen LogP contribution in [0.25, 0.3) is 0 Å². The molecule has 12 heteroatoms. The number of carbonyl (C=O) groups excluding carboxylic acids is 4. The molecule has 0 saturated carbocycles. The van der Waals surface area contributed by atoms with Crippen LogP contribution in [0.5, 0.6) is 0 Å². The molecule has 0 saturated heterocycles. The molecule has 3 N–H and O–H groups in total. The highest BCUT2D eigenvalue weighted by Crippen LogP contribution is 2.25. The number of carboxylic acid groups (broad SMARTS) is 1. The summed E-state index contributed by atoms with van der Waals surface area (Å²) in [4.78, 5) is 57.7. The first kappa shape index (κ1) is 22.5. The Morgan fingerprint density at radius 1 is 1.13 bits per heavy atom. The summed E-state index contributed by atoms with van der Waals surface area (Å²) in [5.41, 5.74) is 0.281. The highest BCUT2D eigenvalue weighted by Gasteiger charge is 2.29. The summed E-state index contributed by atoms with van der Waals surface area (Å²) in [5.74, 6) is -2.67. The highest BCUT2D eigenvalue weighted by atomic mass is 32.2. The minimum Gasteiger partial charge on any atom is -0.481 e. The van der Waals surface area contributed by atoms with Gasteiger partial charge in [0.2, 0.25) is 10.0 Å². The predicted molar refractivity (Wildman–Crippen MR) is 108 cm³/mol. The number of thiophene rings is 1. The van der Waals surface area contributed by atoms with Crippen molar-refractivity contribution in [2.24, 2.45) is 0 Å². The third-order valence-electron chi connectivity index (χ3n) is 4.42. The quantitative estimate of drug-likeness (QED) is 0.362. The number of hydrogen-bond acceptors (Lipinski definition) is 8. The Bertz CT molecular complexity index is 1200. The molecule has 0 fully saturated rings. The molecule has 1 amide bonds. The Kier molecular flexibility index (Phi) is 6.43. The van der Waals surface area contributed by atoms with E-state index < -0.39 is 40.1 Å². The monoisotopic (exact) mass is 464 g/mol. The van der Waals surface area contributed by atoms with Crippen LogP contribution in [0.1, 0.15) is 48.1 Å². The van der Waals surface area contributed by atoms with Crippen LogP contribution in [0, 0.1) is 0 Å². The maximum atomic E-state index is 12.5. The second-order valence-electron chi connectivity index (χ2n) is 6.63. The molecule has 10 nitrogen and oxygen atoms in total. The van der Waals surface area contributed by atoms with Crippen molar-refractivity contribution in [1.29, 1.82) is 0 Å². The SMILES string of the molecule is O=CC(CC(=O)O)NC(=O)c1ccc(CNS(=O)(=O)c2ccc3c(c2)C(=O)CC3=O)s1. The van der Waals surface area contributed by atoms with Crippen LogP contribution in [0.3, 0.4) is 0 Å². The number of carbonyl (C=O) groups is 5. The second kappa shape index (κ2) is 8.88. The van der Waals surface area contributed by atoms with Crippen LogP contribution < -0.4 is 10.0 Å². The summed E-state index contributed by atoms with van der Waals surface area (Å²) < 4.78 is 27.4. The van der Waals surface area contributed by atoms with Gasteiger partial charge in [-0.15, -0.1) is 11.3 Å². The molecule has 1 aliphatic rings. The lowest BCUT2D eigenvalue weighted by Crippen LogP contribution is -2.37. The van der Waals surface area contributed by atoms with Gasteiger partial charge >= 0.3 is 5.97 Å². The summed E-state index contributed by atoms with van der Waals surface area (Å²) in [6.45, 7) is -0.142. The molecule has 1 heterocycles. The zero-order valence-corrected chi connectivity index (χ0v) is 17.4. The molecule has 1 unspecified atom stereocenters. The summed E-state index contributed by atoms with van der Waals surface area (Å²) in [6, 6.07) is 5.48. The first-order valence-electron chi connectivity index (χ1n) is 8.87. The molecule has 3 rings (SSSR count). The number of hydrogen-bond donors (Lipinski definition) is 3. The number of benzene rings is 1. The van der Waals surface area contributed by atoms with E-state index in [2.05, 4.69) is 10.0 Å². The fraction of sp³-hybridized carbons (Fsp3) is 0.211. The molecule has 0 bridgehead atoms. The van der Waals surface area contributed by atoms with Gasteiger partial charge in [0.25, 0.3) is 5.91 Å². The average Bonchev–Trinajstić information content (AvgIpc) is 3.30. The van der Waals surface area contributed by atoms with Crippen molar-refractivity contribution >= 4 is 51.1 Å². The Morgan fingerprint density at radius 2 is 1.84 bits per heavy atom. The van der Waals surface area contributed by atoms with Crippen molar-refractivity contribution in [3.8, 4) is 0 Å². The van der Waals surface area contributed by atoms with Crippen LogP contribution in [0.2, 0.25) is 0 Å². The average molecular weight is 464 g/mol. The van der Waals surface area contributed by atoms with Gasteiger partial charge in [-0.2, -0.15) is 0 Å². The molecule has 1 atom stereocenters. The van der Waals surface area contributed by atoms with Crippen LogP contribution in [-0.2, 0) is 26.2 Å². The van der Waals surface area contributed by atoms with Gasteiger partial charge in [-0.1, -0.05) is 0 Å². The van der Waals surface area contributed by atoms with Gasteiger partial charge in [-0.3, -0.25) is 19.2 Å². The molecule has 2 aromatic rings. The van der Waals surface area contributed by atoms with E-state index in [1.165, 1.54) is 30.3 Å². The first-order chi connectivity index (χ1) is 14.6. The molecule has 1 aliphatic carbocycles. The predicted octanol–water partition coefficient (Wildman–Crippen LogP) is 0.768. The van der Waals surface area contributed by atoms with Gasteiger partial charge < -0.3 is 15.2 Å². The molecular formula is C19H16N2O8S2. The minimum atomic E-state index is -3.99. The van der Waals surface area contributed by atoms with E-state index in [1.807, 2.05) is 0 Å². The van der Waals surface area contributed by atoms with Crippen molar-refractivity contribution in [2.45, 2.75) is 30.3 Å². The van der Waals surface area contributed by atoms with Crippen LogP contribution in [0.4, 0.5) is 0 Å². The normalized spacial score (nSPS) is 14.2. The molecule has 0 aliphatic heterocycles. The largest absolute Gasteiger partial charge is 0.481 e. The molecule has 1 aromatic carbocycles. The van der Waals surface area contributed by atoms with Crippen molar-refractivity contribution in [2.75, 3.05) is 0 Å². The molecule has 162 valence electrons. The van der Waals surface area contributed by atoms with E-state index in [1.54, 1.807) is 0 Å². The van der Waals surface area contributed by atoms with E-state index in [-0.39, 0.29) is 39.6 Å². The lowest BCUT2D eigenvalue weighted by atomic mass is 10.1. The van der Waals surface area contributed by atoms with Crippen molar-refractivity contribution in [3.05, 3.63) is 51.2 Å². The standard InChI is InChI=1S/C19H16N2O8S2/c22-9-10(5-18(25)26)21-19(27)17-4-1-11(30-17)8-20-31(28,29)12-2-3-13-14(6-12)16(24)7-15(13)23/h1-4,6,9-10,20H,5,7-8H2,(H,21,27)(H,25,26). The third-order valence-corrected chi connectivity index (χ3v) is 6.90. The van der Waals surface area contributed by atoms with Gasteiger partial charge in [0, 0.05) is 22.5 Å². The zero-order chi connectivity index (χ0) is 22.8. The number of nitrogens with one attached hydrogen (secondary N) is 2. The van der Waals surface area contributed by atoms with Gasteiger partial charge in [0.15, 0.2) is 11.6 Å². The highest BCUT2D eigenvalue weighted by molar-refractivity contribution is 7.89. The zero-order valence-electron chi connectivity index (χ0n) is 15.8. The topological polar surface area (TPSA) is 164 Å². The van der Waals surface area contributed by atoms with Crippen LogP contribution in [0.15, 0.2) is 35.2 Å². The second-order valence-corrected chi connectivity index (χ2v) is 9.57. The maximum absolute atomic E-state index is 12.5. The number of aldehydes is 1. The molecule has 0 radical (unpaired) electrons. The maximum Gasteiger partial charge on any atom is 0.305 e. The lowest BCUT2D eigenvalue weighted by Gasteiger charge is -2.09. The molecule has 31 heavy (non-hydrogen) atoms. The van der Waals surface area contributed by atoms with E-state index in [0.29, 0.717) is 11.2 Å². The van der Waals surface area contributed by atoms with Crippen molar-refractivity contribution in [3.63, 3.8) is 0 Å². The molecule has 1 aromatic heterocycles. The van der Waals surface area contributed by atoms with E-state index in [0.717, 1.165) is 11.3 Å². The molecule has 0 spiro atoms. The van der Waals surface area contributed by atoms with Gasteiger partial charge in [0.05, 0.1) is 28.7 Å². The number of Topliss-reactive ketones (excluding diaryl/α,β-unsaturated/α-hetero) is 2. The van der Waals surface area contributed by atoms with Gasteiger partial charge in [-0.25, -0.2) is 13.1 Å². The lowest BCUT2D eigenvalue weighted by molar-refractivity contribution is -0.138. The number of fused-ring (bicyclic) bond motifs is 1. The van der Waals surface area contributed by atoms with E-state index >= 15 is 0 Å². The van der Waals surface area contributed by atoms with Gasteiger partial charge in [0.1, 0.15) is 6.29 Å².